The molecule has 0 aliphatic rings. The average Bonchev–Trinajstić information content (AvgIpc) is 2.48. The summed E-state index contributed by atoms with van der Waals surface area (Å²) >= 11 is 0. The van der Waals surface area contributed by atoms with Gasteiger partial charge in [0.1, 0.15) is 6.61 Å². The fourth-order valence-electron chi connectivity index (χ4n) is 1.16. The number of rotatable bonds is 4. The molecule has 0 fully saturated rings. The van der Waals surface area contributed by atoms with Gasteiger partial charge in [0.25, 0.3) is 0 Å². The van der Waals surface area contributed by atoms with Gasteiger partial charge in [0.15, 0.2) is 5.82 Å². The summed E-state index contributed by atoms with van der Waals surface area (Å²) in [6.45, 7) is 6.31. The first-order chi connectivity index (χ1) is 6.20. The third kappa shape index (κ3) is 1.98. The summed E-state index contributed by atoms with van der Waals surface area (Å²) in [5, 5.41) is 16.6. The Kier molecular flexibility index (Phi) is 3.25. The summed E-state index contributed by atoms with van der Waals surface area (Å²) in [5.74, 6) is 0.540. The molecule has 13 heavy (non-hydrogen) atoms. The highest BCUT2D eigenvalue weighted by Gasteiger charge is 2.14. The topological polar surface area (TPSA) is 60.2 Å². The van der Waals surface area contributed by atoms with Crippen LogP contribution in [-0.2, 0) is 6.61 Å². The van der Waals surface area contributed by atoms with E-state index in [1.807, 2.05) is 20.8 Å². The fourth-order valence-corrected chi connectivity index (χ4v) is 1.16. The Morgan fingerprint density at radius 2 is 2.15 bits per heavy atom. The van der Waals surface area contributed by atoms with Crippen LogP contribution in [-0.4, -0.2) is 26.5 Å². The maximum Gasteiger partial charge on any atom is 0.317 e. The lowest BCUT2D eigenvalue weighted by atomic mass is 10.4. The van der Waals surface area contributed by atoms with Crippen LogP contribution in [0.15, 0.2) is 0 Å². The second-order valence-corrected chi connectivity index (χ2v) is 2.95. The van der Waals surface area contributed by atoms with Gasteiger partial charge in [-0.05, 0) is 20.8 Å². The number of hydrogen-bond donors (Lipinski definition) is 1. The molecule has 0 aliphatic heterocycles. The Balaban J connectivity index is 2.99. The Morgan fingerprint density at radius 3 is 2.62 bits per heavy atom. The molecule has 5 nitrogen and oxygen atoms in total. The van der Waals surface area contributed by atoms with E-state index in [9.17, 15) is 0 Å². The second-order valence-electron chi connectivity index (χ2n) is 2.95. The van der Waals surface area contributed by atoms with E-state index in [2.05, 4.69) is 10.2 Å². The summed E-state index contributed by atoms with van der Waals surface area (Å²) in [6.07, 6.45) is 0. The van der Waals surface area contributed by atoms with Crippen LogP contribution in [0.3, 0.4) is 0 Å². The van der Waals surface area contributed by atoms with E-state index < -0.39 is 0 Å². The van der Waals surface area contributed by atoms with E-state index in [1.54, 1.807) is 4.57 Å². The smallest absolute Gasteiger partial charge is 0.317 e. The van der Waals surface area contributed by atoms with Crippen molar-refractivity contribution >= 4 is 0 Å². The molecule has 0 radical (unpaired) electrons. The molecule has 1 rings (SSSR count). The molecule has 1 aromatic rings. The molecular formula is C8H15N3O2. The van der Waals surface area contributed by atoms with E-state index in [0.717, 1.165) is 0 Å². The van der Waals surface area contributed by atoms with Crippen molar-refractivity contribution < 1.29 is 9.84 Å². The highest BCUT2D eigenvalue weighted by molar-refractivity contribution is 5.01. The van der Waals surface area contributed by atoms with Crippen LogP contribution < -0.4 is 4.74 Å². The van der Waals surface area contributed by atoms with Gasteiger partial charge in [-0.3, -0.25) is 4.57 Å². The lowest BCUT2D eigenvalue weighted by Gasteiger charge is -2.11. The van der Waals surface area contributed by atoms with Crippen LogP contribution in [0.2, 0.25) is 0 Å². The molecule has 1 N–H and O–H groups in total. The van der Waals surface area contributed by atoms with Crippen molar-refractivity contribution in [3.63, 3.8) is 0 Å². The van der Waals surface area contributed by atoms with Gasteiger partial charge >= 0.3 is 6.01 Å². The van der Waals surface area contributed by atoms with Crippen molar-refractivity contribution in [3.8, 4) is 6.01 Å². The quantitative estimate of drug-likeness (QED) is 0.752. The number of aliphatic hydroxyl groups excluding tert-OH is 1. The van der Waals surface area contributed by atoms with Gasteiger partial charge in [-0.1, -0.05) is 5.10 Å². The normalized spacial score (nSPS) is 10.8. The summed E-state index contributed by atoms with van der Waals surface area (Å²) in [7, 11) is 0. The zero-order valence-electron chi connectivity index (χ0n) is 8.19. The molecule has 0 saturated carbocycles. The molecule has 0 bridgehead atoms. The molecule has 0 saturated heterocycles. The molecule has 0 amide bonds. The third-order valence-corrected chi connectivity index (χ3v) is 1.67. The van der Waals surface area contributed by atoms with Gasteiger partial charge < -0.3 is 9.84 Å². The molecule has 74 valence electrons. The number of ether oxygens (including phenoxy) is 1. The Labute approximate surface area is 77.4 Å². The number of aliphatic hydroxyl groups is 1. The Morgan fingerprint density at radius 1 is 1.46 bits per heavy atom. The minimum Gasteiger partial charge on any atom is -0.464 e. The molecule has 0 spiro atoms. The van der Waals surface area contributed by atoms with Gasteiger partial charge in [-0.15, -0.1) is 5.10 Å². The highest BCUT2D eigenvalue weighted by Crippen LogP contribution is 2.17. The van der Waals surface area contributed by atoms with Crippen molar-refractivity contribution in [2.45, 2.75) is 33.4 Å². The lowest BCUT2D eigenvalue weighted by Crippen LogP contribution is -2.09. The summed E-state index contributed by atoms with van der Waals surface area (Å²) in [4.78, 5) is 0. The van der Waals surface area contributed by atoms with Crippen LogP contribution in [0.4, 0.5) is 0 Å². The molecule has 1 heterocycles. The molecular weight excluding hydrogens is 170 g/mol. The average molecular weight is 185 g/mol. The highest BCUT2D eigenvalue weighted by atomic mass is 16.5. The van der Waals surface area contributed by atoms with Crippen molar-refractivity contribution in [3.05, 3.63) is 5.82 Å². The number of nitrogens with zero attached hydrogens (tertiary/aromatic N) is 3. The van der Waals surface area contributed by atoms with E-state index in [4.69, 9.17) is 9.84 Å². The van der Waals surface area contributed by atoms with Crippen molar-refractivity contribution in [2.24, 2.45) is 0 Å². The van der Waals surface area contributed by atoms with E-state index in [1.165, 1.54) is 0 Å². The summed E-state index contributed by atoms with van der Waals surface area (Å²) < 4.78 is 7.04. The molecule has 0 aromatic carbocycles. The summed E-state index contributed by atoms with van der Waals surface area (Å²) in [6, 6.07) is 0.667. The maximum atomic E-state index is 8.97. The Hall–Kier alpha value is -1.10. The third-order valence-electron chi connectivity index (χ3n) is 1.67. The SMILES string of the molecule is CCOc1nnc(CO)n1C(C)C. The molecule has 5 heteroatoms. The van der Waals surface area contributed by atoms with Crippen LogP contribution in [0.5, 0.6) is 6.01 Å². The maximum absolute atomic E-state index is 8.97. The van der Waals surface area contributed by atoms with Crippen molar-refractivity contribution in [2.75, 3.05) is 6.61 Å². The van der Waals surface area contributed by atoms with Gasteiger partial charge in [-0.25, -0.2) is 0 Å². The first-order valence-electron chi connectivity index (χ1n) is 4.38. The number of hydrogen-bond acceptors (Lipinski definition) is 4. The Bertz CT molecular complexity index is 270. The molecule has 0 atom stereocenters. The van der Waals surface area contributed by atoms with Crippen molar-refractivity contribution in [1.82, 2.24) is 14.8 Å². The van der Waals surface area contributed by atoms with Gasteiger partial charge in [0.2, 0.25) is 0 Å². The first-order valence-corrected chi connectivity index (χ1v) is 4.38. The lowest BCUT2D eigenvalue weighted by molar-refractivity contribution is 0.250. The molecule has 0 unspecified atom stereocenters. The summed E-state index contributed by atoms with van der Waals surface area (Å²) in [5.41, 5.74) is 0. The predicted octanol–water partition coefficient (Wildman–Crippen LogP) is 0.750. The fraction of sp³-hybridized carbons (Fsp3) is 0.750. The van der Waals surface area contributed by atoms with Crippen LogP contribution in [0, 0.1) is 0 Å². The van der Waals surface area contributed by atoms with Crippen molar-refractivity contribution in [1.29, 1.82) is 0 Å². The predicted molar refractivity (Wildman–Crippen MR) is 47.5 cm³/mol. The standard InChI is InChI=1S/C8H15N3O2/c1-4-13-8-10-9-7(5-12)11(8)6(2)3/h6,12H,4-5H2,1-3H3. The van der Waals surface area contributed by atoms with Crippen LogP contribution >= 0.6 is 0 Å². The van der Waals surface area contributed by atoms with Gasteiger partial charge in [0.05, 0.1) is 6.61 Å². The largest absolute Gasteiger partial charge is 0.464 e. The zero-order chi connectivity index (χ0) is 9.84. The van der Waals surface area contributed by atoms with Gasteiger partial charge in [0, 0.05) is 6.04 Å². The van der Waals surface area contributed by atoms with E-state index in [0.29, 0.717) is 18.4 Å². The van der Waals surface area contributed by atoms with E-state index >= 15 is 0 Å². The van der Waals surface area contributed by atoms with Crippen LogP contribution in [0.1, 0.15) is 32.6 Å². The monoisotopic (exact) mass is 185 g/mol. The van der Waals surface area contributed by atoms with Gasteiger partial charge in [-0.2, -0.15) is 0 Å². The minimum absolute atomic E-state index is 0.113. The zero-order valence-corrected chi connectivity index (χ0v) is 8.19. The molecule has 1 aromatic heterocycles. The van der Waals surface area contributed by atoms with E-state index in [-0.39, 0.29) is 12.6 Å². The minimum atomic E-state index is -0.113. The van der Waals surface area contributed by atoms with Crippen LogP contribution in [0.25, 0.3) is 0 Å². The first kappa shape index (κ1) is 9.98. The second kappa shape index (κ2) is 4.23. The number of aromatic nitrogens is 3. The molecule has 0 aliphatic carbocycles.